The molecule has 4 aliphatic rings. The molecule has 0 atom stereocenters. The fourth-order valence-electron chi connectivity index (χ4n) is 13.8. The van der Waals surface area contributed by atoms with E-state index in [1.807, 2.05) is 61.8 Å². The maximum Gasteiger partial charge on any atom is 0.222 e. The van der Waals surface area contributed by atoms with Crippen LogP contribution in [0.3, 0.4) is 0 Å². The molecule has 4 aliphatic heterocycles. The molecule has 16 N–H and O–H groups in total. The number of hydrogen-bond donors (Lipinski definition) is 8. The largest absolute Gasteiger partial charge is 0.497 e. The fraction of sp³-hybridized carbons (Fsp3) is 0.256. The molecule has 5 aromatic carbocycles. The number of piperazine rings is 4. The molecule has 7 aromatic heterocycles. The molecule has 0 amide bonds. The Labute approximate surface area is 652 Å². The number of rotatable bonds is 15. The predicted molar refractivity (Wildman–Crippen MR) is 453 cm³/mol. The monoisotopic (exact) mass is 1510 g/mol. The number of nitrogens with two attached hydrogens (primary N) is 8. The predicted octanol–water partition coefficient (Wildman–Crippen LogP) is 9.69. The van der Waals surface area contributed by atoms with Crippen LogP contribution in [-0.2, 0) is 0 Å². The second-order valence-corrected chi connectivity index (χ2v) is 26.7. The van der Waals surface area contributed by atoms with Gasteiger partial charge in [-0.1, -0.05) is 74.2 Å². The molecule has 0 radical (unpaired) electrons. The highest BCUT2D eigenvalue weighted by Crippen LogP contribution is 2.35. The van der Waals surface area contributed by atoms with Crippen LogP contribution < -0.4 is 99.3 Å². The number of hydrogen-bond acceptors (Lipinski definition) is 30. The first-order chi connectivity index (χ1) is 54.0. The van der Waals surface area contributed by atoms with E-state index >= 15 is 0 Å². The van der Waals surface area contributed by atoms with Gasteiger partial charge in [-0.05, 0) is 120 Å². The molecule has 4 saturated heterocycles. The van der Waals surface area contributed by atoms with E-state index in [1.54, 1.807) is 52.3 Å². The van der Waals surface area contributed by atoms with Crippen molar-refractivity contribution in [3.63, 3.8) is 0 Å². The summed E-state index contributed by atoms with van der Waals surface area (Å²) in [5.74, 6) is 4.62. The Bertz CT molecular complexity index is 5090. The summed E-state index contributed by atoms with van der Waals surface area (Å²) in [5.41, 5.74) is 64.5. The van der Waals surface area contributed by atoms with Crippen LogP contribution in [-0.4, -0.2) is 181 Å². The van der Waals surface area contributed by atoms with Crippen LogP contribution in [0.15, 0.2) is 201 Å². The van der Waals surface area contributed by atoms with Gasteiger partial charge in [0.1, 0.15) is 5.75 Å². The highest BCUT2D eigenvalue weighted by molar-refractivity contribution is 5.76. The SMILES string of the molecule is C.COc1ccc(-c2cccc(N3CCN(c4cnc(N)nc4N)CC3)c2)cn1.COc1cccc(-c2cccc(N3CCN(c4cnc(N)nc4N)CC3)c2)c1.COc1ncccc1-c1cccc(N2CCN(c3cnc(N)nc3N)CC2)c1.Cc1ccc(-c2cccc(N3CCN(c4cnc(N)nc4N)CC3)c2)cn1. The molecular weight excluding hydrogens is 1410 g/mol. The molecular formula is C82H97N27O3. The van der Waals surface area contributed by atoms with Gasteiger partial charge in [0.15, 0.2) is 23.3 Å². The summed E-state index contributed by atoms with van der Waals surface area (Å²) >= 11 is 0. The number of benzene rings is 5. The van der Waals surface area contributed by atoms with E-state index in [0.29, 0.717) is 35.0 Å². The van der Waals surface area contributed by atoms with Gasteiger partial charge in [-0.3, -0.25) is 4.98 Å². The molecule has 0 saturated carbocycles. The van der Waals surface area contributed by atoms with Crippen LogP contribution in [0.2, 0.25) is 0 Å². The van der Waals surface area contributed by atoms with E-state index in [9.17, 15) is 0 Å². The smallest absolute Gasteiger partial charge is 0.222 e. The first kappa shape index (κ1) is 77.7. The van der Waals surface area contributed by atoms with Crippen LogP contribution >= 0.6 is 0 Å². The number of nitrogen functional groups attached to an aromatic ring is 8. The third-order valence-electron chi connectivity index (χ3n) is 19.8. The highest BCUT2D eigenvalue weighted by Gasteiger charge is 2.26. The molecule has 0 aliphatic carbocycles. The third-order valence-corrected chi connectivity index (χ3v) is 19.8. The molecule has 11 heterocycles. The summed E-state index contributed by atoms with van der Waals surface area (Å²) in [5, 5.41) is 0. The standard InChI is InChI=1S/C21H24N6O.2C20H23N7O.C20H23N7.CH4/c1-28-18-7-3-5-16(13-18)15-4-2-6-17(12-15)26-8-10-27(11-9-26)19-14-24-21(23)25-20(19)22;1-28-19-16(6-3-7-23-19)14-4-2-5-15(12-14)26-8-10-27(11-9-26)17-13-24-20(22)25-18(17)21;1-28-18-6-5-15(12-23-18)14-3-2-4-16(11-14)26-7-9-27(10-8-26)17-13-24-20(22)25-19(17)21;1-14-5-6-16(12-23-14)15-3-2-4-17(11-15)26-7-9-27(10-8-26)18-13-24-20(22)25-19(18)21;/h2-7,12-14H,8-11H2,1H3,(H4,22,23,24,25);2-7,12-13H,8-11H2,1H3,(H4,21,22,24,25);2-6,11-13H,7-10H2,1H3,(H4,21,22,24,25);2-6,11-13H,7-10H2,1H3,(H4,21,22,24,25);1H4. The number of nitrogens with zero attached hydrogens (tertiary/aromatic N) is 19. The van der Waals surface area contributed by atoms with Crippen molar-refractivity contribution in [2.45, 2.75) is 14.4 Å². The van der Waals surface area contributed by atoms with Crippen molar-refractivity contribution >= 4 is 92.6 Å². The van der Waals surface area contributed by atoms with Gasteiger partial charge in [0.05, 0.1) is 68.9 Å². The minimum atomic E-state index is 0. The maximum atomic E-state index is 6.01. The Kier molecular flexibility index (Phi) is 25.2. The van der Waals surface area contributed by atoms with E-state index in [1.165, 1.54) is 33.9 Å². The van der Waals surface area contributed by atoms with Crippen molar-refractivity contribution < 1.29 is 14.2 Å². The fourth-order valence-corrected chi connectivity index (χ4v) is 13.8. The molecule has 0 unspecified atom stereocenters. The van der Waals surface area contributed by atoms with Gasteiger partial charge in [-0.25, -0.2) is 29.9 Å². The molecule has 16 rings (SSSR count). The normalized spacial score (nSPS) is 14.1. The summed E-state index contributed by atoms with van der Waals surface area (Å²) in [4.78, 5) is 63.8. The molecule has 30 nitrogen and oxygen atoms in total. The molecule has 4 fully saturated rings. The summed E-state index contributed by atoms with van der Waals surface area (Å²) < 4.78 is 15.9. The van der Waals surface area contributed by atoms with Gasteiger partial charge in [0, 0.05) is 175 Å². The van der Waals surface area contributed by atoms with Crippen molar-refractivity contribution in [2.24, 2.45) is 0 Å². The third kappa shape index (κ3) is 19.1. The lowest BCUT2D eigenvalue weighted by molar-refractivity contribution is 0.398. The zero-order chi connectivity index (χ0) is 77.3. The number of anilines is 16. The molecule has 30 heteroatoms. The number of methoxy groups -OCH3 is 3. The van der Waals surface area contributed by atoms with Crippen LogP contribution in [0.25, 0.3) is 44.5 Å². The number of ether oxygens (including phenoxy) is 3. The number of aryl methyl sites for hydroxylation is 1. The minimum Gasteiger partial charge on any atom is -0.497 e. The van der Waals surface area contributed by atoms with Crippen LogP contribution in [0, 0.1) is 6.92 Å². The van der Waals surface area contributed by atoms with E-state index in [0.717, 1.165) is 172 Å². The highest BCUT2D eigenvalue weighted by atomic mass is 16.5. The summed E-state index contributed by atoms with van der Waals surface area (Å²) in [6.07, 6.45) is 12.3. The Morgan fingerprint density at radius 1 is 0.286 bits per heavy atom. The second-order valence-electron chi connectivity index (χ2n) is 26.7. The van der Waals surface area contributed by atoms with Crippen molar-refractivity contribution in [3.8, 4) is 62.0 Å². The van der Waals surface area contributed by atoms with Gasteiger partial charge in [-0.2, -0.15) is 19.9 Å². The van der Waals surface area contributed by atoms with Crippen molar-refractivity contribution in [1.29, 1.82) is 0 Å². The first-order valence-corrected chi connectivity index (χ1v) is 36.5. The molecule has 112 heavy (non-hydrogen) atoms. The van der Waals surface area contributed by atoms with Gasteiger partial charge in [-0.15, -0.1) is 0 Å². The van der Waals surface area contributed by atoms with E-state index < -0.39 is 0 Å². The second kappa shape index (κ2) is 36.3. The van der Waals surface area contributed by atoms with Gasteiger partial charge < -0.3 is 99.3 Å². The zero-order valence-corrected chi connectivity index (χ0v) is 62.7. The van der Waals surface area contributed by atoms with Crippen LogP contribution in [0.5, 0.6) is 17.5 Å². The lowest BCUT2D eigenvalue weighted by Crippen LogP contribution is -2.46. The number of pyridine rings is 3. The maximum absolute atomic E-state index is 6.01. The number of aromatic nitrogens is 11. The van der Waals surface area contributed by atoms with E-state index in [2.05, 4.69) is 209 Å². The minimum absolute atomic E-state index is 0. The van der Waals surface area contributed by atoms with Crippen molar-refractivity contribution in [2.75, 3.05) is 211 Å². The average molecular weight is 1510 g/mol. The quantitative estimate of drug-likeness (QED) is 0.0473. The van der Waals surface area contributed by atoms with Gasteiger partial charge in [0.2, 0.25) is 35.6 Å². The van der Waals surface area contributed by atoms with Crippen LogP contribution in [0.4, 0.5) is 92.6 Å². The molecule has 578 valence electrons. The lowest BCUT2D eigenvalue weighted by atomic mass is 10.0. The summed E-state index contributed by atoms with van der Waals surface area (Å²) in [6, 6.07) is 54.3. The Balaban J connectivity index is 0.000000138. The lowest BCUT2D eigenvalue weighted by Gasteiger charge is -2.37. The van der Waals surface area contributed by atoms with Gasteiger partial charge >= 0.3 is 0 Å². The molecule has 0 bridgehead atoms. The average Bonchev–Trinajstić information content (AvgIpc) is 0.819. The molecule has 0 spiro atoms. The first-order valence-electron chi connectivity index (χ1n) is 36.5. The van der Waals surface area contributed by atoms with Crippen molar-refractivity contribution in [3.05, 3.63) is 207 Å². The topological polar surface area (TPSA) is 404 Å². The Morgan fingerprint density at radius 2 is 0.616 bits per heavy atom. The Hall–Kier alpha value is -13.9. The van der Waals surface area contributed by atoms with Gasteiger partial charge in [0.25, 0.3) is 0 Å². The van der Waals surface area contributed by atoms with E-state index in [-0.39, 0.29) is 31.2 Å². The molecule has 12 aromatic rings. The van der Waals surface area contributed by atoms with E-state index in [4.69, 9.17) is 60.1 Å². The van der Waals surface area contributed by atoms with Crippen LogP contribution in [0.1, 0.15) is 13.1 Å². The van der Waals surface area contributed by atoms with Crippen molar-refractivity contribution in [1.82, 2.24) is 54.8 Å². The summed E-state index contributed by atoms with van der Waals surface area (Å²) in [7, 11) is 4.95. The Morgan fingerprint density at radius 3 is 0.946 bits per heavy atom. The zero-order valence-electron chi connectivity index (χ0n) is 62.7. The summed E-state index contributed by atoms with van der Waals surface area (Å²) in [6.45, 7) is 15.8.